The quantitative estimate of drug-likeness (QED) is 0.776. The van der Waals surface area contributed by atoms with Gasteiger partial charge in [0, 0.05) is 25.0 Å². The summed E-state index contributed by atoms with van der Waals surface area (Å²) < 4.78 is 7.14. The first-order chi connectivity index (χ1) is 8.63. The van der Waals surface area contributed by atoms with Crippen LogP contribution in [0.2, 0.25) is 0 Å². The molecule has 0 bridgehead atoms. The number of nitrogens with zero attached hydrogens (tertiary/aromatic N) is 2. The summed E-state index contributed by atoms with van der Waals surface area (Å²) >= 11 is 0. The minimum absolute atomic E-state index is 0.0182. The zero-order chi connectivity index (χ0) is 13.1. The summed E-state index contributed by atoms with van der Waals surface area (Å²) in [4.78, 5) is 12.1. The van der Waals surface area contributed by atoms with Gasteiger partial charge in [-0.2, -0.15) is 5.10 Å². The number of carbonyl (C=O) groups excluding carboxylic acids is 1. The van der Waals surface area contributed by atoms with E-state index in [1.807, 2.05) is 13.8 Å². The van der Waals surface area contributed by atoms with E-state index in [4.69, 9.17) is 10.5 Å². The van der Waals surface area contributed by atoms with Crippen molar-refractivity contribution in [2.75, 3.05) is 6.61 Å². The third-order valence-electron chi connectivity index (χ3n) is 3.36. The maximum absolute atomic E-state index is 12.1. The smallest absolute Gasteiger partial charge is 0.244 e. The molecule has 0 spiro atoms. The molecular weight excluding hydrogens is 232 g/mol. The summed E-state index contributed by atoms with van der Waals surface area (Å²) in [6.07, 6.45) is 4.26. The molecule has 3 N–H and O–H groups in total. The van der Waals surface area contributed by atoms with Gasteiger partial charge in [0.15, 0.2) is 0 Å². The minimum atomic E-state index is -0.338. The van der Waals surface area contributed by atoms with Crippen molar-refractivity contribution in [3.63, 3.8) is 0 Å². The van der Waals surface area contributed by atoms with Gasteiger partial charge in [0.25, 0.3) is 0 Å². The van der Waals surface area contributed by atoms with E-state index in [-0.39, 0.29) is 30.1 Å². The van der Waals surface area contributed by atoms with Gasteiger partial charge in [0.2, 0.25) is 5.91 Å². The van der Waals surface area contributed by atoms with Crippen molar-refractivity contribution >= 4 is 5.91 Å². The van der Waals surface area contributed by atoms with Crippen LogP contribution in [0.4, 0.5) is 0 Å². The van der Waals surface area contributed by atoms with Crippen LogP contribution in [-0.2, 0) is 9.53 Å². The third kappa shape index (κ3) is 2.54. The Hall–Kier alpha value is -1.40. The van der Waals surface area contributed by atoms with Crippen LogP contribution in [0.1, 0.15) is 26.3 Å². The molecule has 4 unspecified atom stereocenters. The largest absolute Gasteiger partial charge is 0.376 e. The Kier molecular flexibility index (Phi) is 3.98. The molecule has 1 aliphatic carbocycles. The highest BCUT2D eigenvalue weighted by Gasteiger charge is 2.40. The topological polar surface area (TPSA) is 82.2 Å². The van der Waals surface area contributed by atoms with Gasteiger partial charge in [-0.05, 0) is 26.3 Å². The predicted molar refractivity (Wildman–Crippen MR) is 66.9 cm³/mol. The summed E-state index contributed by atoms with van der Waals surface area (Å²) in [5.74, 6) is -0.0800. The average molecular weight is 252 g/mol. The van der Waals surface area contributed by atoms with Crippen LogP contribution < -0.4 is 11.1 Å². The van der Waals surface area contributed by atoms with Crippen LogP contribution in [0.15, 0.2) is 18.5 Å². The molecule has 1 aromatic heterocycles. The molecule has 18 heavy (non-hydrogen) atoms. The van der Waals surface area contributed by atoms with E-state index >= 15 is 0 Å². The number of carbonyl (C=O) groups is 1. The summed E-state index contributed by atoms with van der Waals surface area (Å²) in [5, 5.41) is 7.00. The highest BCUT2D eigenvalue weighted by molar-refractivity contribution is 5.80. The van der Waals surface area contributed by atoms with Crippen molar-refractivity contribution in [1.82, 2.24) is 15.1 Å². The summed E-state index contributed by atoms with van der Waals surface area (Å²) in [7, 11) is 0. The van der Waals surface area contributed by atoms with E-state index in [0.717, 1.165) is 6.42 Å². The number of hydrogen-bond acceptors (Lipinski definition) is 4. The molecule has 6 nitrogen and oxygen atoms in total. The SMILES string of the molecule is CCOC1CC(N)C1NC(=O)C(C)n1cccn1. The molecule has 0 aliphatic heterocycles. The van der Waals surface area contributed by atoms with Crippen LogP contribution in [0.25, 0.3) is 0 Å². The first-order valence-corrected chi connectivity index (χ1v) is 6.30. The van der Waals surface area contributed by atoms with Crippen molar-refractivity contribution < 1.29 is 9.53 Å². The molecule has 6 heteroatoms. The average Bonchev–Trinajstić information content (AvgIpc) is 2.88. The molecule has 1 fully saturated rings. The lowest BCUT2D eigenvalue weighted by molar-refractivity contribution is -0.128. The molecule has 1 aromatic rings. The van der Waals surface area contributed by atoms with Gasteiger partial charge < -0.3 is 15.8 Å². The molecule has 2 rings (SSSR count). The van der Waals surface area contributed by atoms with E-state index in [9.17, 15) is 4.79 Å². The van der Waals surface area contributed by atoms with Gasteiger partial charge in [0.05, 0.1) is 12.1 Å². The molecule has 0 saturated heterocycles. The first-order valence-electron chi connectivity index (χ1n) is 6.30. The van der Waals surface area contributed by atoms with Crippen molar-refractivity contribution in [3.05, 3.63) is 18.5 Å². The number of hydrogen-bond donors (Lipinski definition) is 2. The Morgan fingerprint density at radius 2 is 2.50 bits per heavy atom. The second-order valence-corrected chi connectivity index (χ2v) is 4.59. The molecule has 0 aromatic carbocycles. The van der Waals surface area contributed by atoms with Crippen LogP contribution in [0.3, 0.4) is 0 Å². The van der Waals surface area contributed by atoms with E-state index in [0.29, 0.717) is 6.61 Å². The van der Waals surface area contributed by atoms with E-state index in [1.165, 1.54) is 0 Å². The zero-order valence-corrected chi connectivity index (χ0v) is 10.7. The maximum atomic E-state index is 12.1. The van der Waals surface area contributed by atoms with Gasteiger partial charge in [-0.1, -0.05) is 0 Å². The summed E-state index contributed by atoms with van der Waals surface area (Å²) in [6.45, 7) is 4.38. The second kappa shape index (κ2) is 5.49. The standard InChI is InChI=1S/C12H20N4O2/c1-3-18-10-7-9(13)11(10)15-12(17)8(2)16-6-4-5-14-16/h4-6,8-11H,3,7,13H2,1-2H3,(H,15,17). The fraction of sp³-hybridized carbons (Fsp3) is 0.667. The highest BCUT2D eigenvalue weighted by atomic mass is 16.5. The minimum Gasteiger partial charge on any atom is -0.376 e. The highest BCUT2D eigenvalue weighted by Crippen LogP contribution is 2.23. The van der Waals surface area contributed by atoms with Crippen LogP contribution >= 0.6 is 0 Å². The van der Waals surface area contributed by atoms with Crippen molar-refractivity contribution in [3.8, 4) is 0 Å². The number of aromatic nitrogens is 2. The van der Waals surface area contributed by atoms with Gasteiger partial charge in [-0.15, -0.1) is 0 Å². The fourth-order valence-corrected chi connectivity index (χ4v) is 2.14. The van der Waals surface area contributed by atoms with Gasteiger partial charge >= 0.3 is 0 Å². The van der Waals surface area contributed by atoms with Crippen LogP contribution in [-0.4, -0.2) is 40.5 Å². The normalized spacial score (nSPS) is 28.5. The van der Waals surface area contributed by atoms with Crippen LogP contribution in [0, 0.1) is 0 Å². The molecule has 100 valence electrons. The lowest BCUT2D eigenvalue weighted by atomic mass is 9.83. The number of rotatable bonds is 5. The predicted octanol–water partition coefficient (Wildman–Crippen LogP) is 0.0650. The molecular formula is C12H20N4O2. The molecule has 4 atom stereocenters. The number of nitrogens with one attached hydrogen (secondary N) is 1. The number of amides is 1. The number of ether oxygens (including phenoxy) is 1. The molecule has 0 radical (unpaired) electrons. The Bertz CT molecular complexity index is 391. The van der Waals surface area contributed by atoms with E-state index in [1.54, 1.807) is 23.1 Å². The molecule has 1 aliphatic rings. The summed E-state index contributed by atoms with van der Waals surface area (Å²) in [5.41, 5.74) is 5.89. The Morgan fingerprint density at radius 1 is 1.72 bits per heavy atom. The van der Waals surface area contributed by atoms with Gasteiger partial charge in [0.1, 0.15) is 6.04 Å². The monoisotopic (exact) mass is 252 g/mol. The lowest BCUT2D eigenvalue weighted by Gasteiger charge is -2.42. The second-order valence-electron chi connectivity index (χ2n) is 4.59. The fourth-order valence-electron chi connectivity index (χ4n) is 2.14. The molecule has 1 heterocycles. The third-order valence-corrected chi connectivity index (χ3v) is 3.36. The first kappa shape index (κ1) is 13.0. The van der Waals surface area contributed by atoms with Crippen molar-refractivity contribution in [2.45, 2.75) is 44.5 Å². The van der Waals surface area contributed by atoms with Gasteiger partial charge in [-0.25, -0.2) is 0 Å². The van der Waals surface area contributed by atoms with Crippen LogP contribution in [0.5, 0.6) is 0 Å². The van der Waals surface area contributed by atoms with Crippen molar-refractivity contribution in [1.29, 1.82) is 0 Å². The number of nitrogens with two attached hydrogens (primary N) is 1. The Balaban J connectivity index is 1.90. The maximum Gasteiger partial charge on any atom is 0.244 e. The van der Waals surface area contributed by atoms with E-state index < -0.39 is 0 Å². The summed E-state index contributed by atoms with van der Waals surface area (Å²) in [6, 6.07) is 1.35. The van der Waals surface area contributed by atoms with Gasteiger partial charge in [-0.3, -0.25) is 9.48 Å². The molecule has 1 amide bonds. The Morgan fingerprint density at radius 3 is 3.06 bits per heavy atom. The zero-order valence-electron chi connectivity index (χ0n) is 10.7. The lowest BCUT2D eigenvalue weighted by Crippen LogP contribution is -2.65. The van der Waals surface area contributed by atoms with E-state index in [2.05, 4.69) is 10.4 Å². The Labute approximate surface area is 106 Å². The van der Waals surface area contributed by atoms with Crippen molar-refractivity contribution in [2.24, 2.45) is 5.73 Å². The molecule has 1 saturated carbocycles.